The highest BCUT2D eigenvalue weighted by molar-refractivity contribution is 6.17. The van der Waals surface area contributed by atoms with Crippen LogP contribution in [-0.2, 0) is 4.74 Å². The van der Waals surface area contributed by atoms with Gasteiger partial charge in [-0.15, -0.1) is 11.6 Å². The third kappa shape index (κ3) is 7.48. The number of hydrogen-bond acceptors (Lipinski definition) is 2. The molecule has 0 radical (unpaired) electrons. The van der Waals surface area contributed by atoms with E-state index in [9.17, 15) is 0 Å². The first-order valence-corrected chi connectivity index (χ1v) is 7.35. The van der Waals surface area contributed by atoms with Gasteiger partial charge >= 0.3 is 0 Å². The van der Waals surface area contributed by atoms with Crippen LogP contribution in [0, 0.1) is 0 Å². The van der Waals surface area contributed by atoms with Crippen molar-refractivity contribution in [3.63, 3.8) is 0 Å². The summed E-state index contributed by atoms with van der Waals surface area (Å²) in [6, 6.07) is 0. The van der Waals surface area contributed by atoms with Crippen LogP contribution in [0.3, 0.4) is 0 Å². The Morgan fingerprint density at radius 3 is 2.62 bits per heavy atom. The predicted octanol–water partition coefficient (Wildman–Crippen LogP) is 3.33. The highest BCUT2D eigenvalue weighted by Crippen LogP contribution is 2.16. The molecule has 1 saturated heterocycles. The van der Waals surface area contributed by atoms with E-state index in [4.69, 9.17) is 16.3 Å². The summed E-state index contributed by atoms with van der Waals surface area (Å²) in [4.78, 5) is 0. The minimum Gasteiger partial charge on any atom is -0.378 e. The molecule has 0 aromatic heterocycles. The number of halogens is 1. The van der Waals surface area contributed by atoms with E-state index in [-0.39, 0.29) is 0 Å². The maximum absolute atomic E-state index is 5.62. The zero-order valence-corrected chi connectivity index (χ0v) is 11.1. The van der Waals surface area contributed by atoms with Crippen molar-refractivity contribution in [2.24, 2.45) is 0 Å². The maximum Gasteiger partial charge on any atom is 0.0576 e. The molecule has 1 fully saturated rings. The summed E-state index contributed by atoms with van der Waals surface area (Å²) in [5.41, 5.74) is 0. The summed E-state index contributed by atoms with van der Waals surface area (Å²) in [5, 5.41) is 3.50. The van der Waals surface area contributed by atoms with Crippen molar-refractivity contribution in [3.05, 3.63) is 0 Å². The van der Waals surface area contributed by atoms with Gasteiger partial charge in [-0.05, 0) is 51.6 Å². The van der Waals surface area contributed by atoms with Gasteiger partial charge in [0.1, 0.15) is 0 Å². The van der Waals surface area contributed by atoms with Crippen LogP contribution in [0.1, 0.15) is 51.4 Å². The quantitative estimate of drug-likeness (QED) is 0.472. The second kappa shape index (κ2) is 10.4. The third-order valence-corrected chi connectivity index (χ3v) is 3.41. The molecular weight excluding hydrogens is 222 g/mol. The summed E-state index contributed by atoms with van der Waals surface area (Å²) in [6.07, 6.45) is 10.6. The monoisotopic (exact) mass is 247 g/mol. The van der Waals surface area contributed by atoms with E-state index in [2.05, 4.69) is 5.32 Å². The van der Waals surface area contributed by atoms with Crippen LogP contribution < -0.4 is 5.32 Å². The molecule has 0 saturated carbocycles. The summed E-state index contributed by atoms with van der Waals surface area (Å²) in [7, 11) is 0. The van der Waals surface area contributed by atoms with Crippen molar-refractivity contribution in [2.45, 2.75) is 57.5 Å². The third-order valence-electron chi connectivity index (χ3n) is 3.14. The van der Waals surface area contributed by atoms with Crippen LogP contribution in [0.2, 0.25) is 0 Å². The van der Waals surface area contributed by atoms with Gasteiger partial charge in [-0.1, -0.05) is 12.8 Å². The van der Waals surface area contributed by atoms with Crippen LogP contribution >= 0.6 is 11.6 Å². The number of alkyl halides is 1. The number of hydrogen-bond donors (Lipinski definition) is 1. The minimum absolute atomic E-state index is 0.561. The molecule has 0 spiro atoms. The molecule has 2 nitrogen and oxygen atoms in total. The van der Waals surface area contributed by atoms with Gasteiger partial charge in [0, 0.05) is 12.5 Å². The molecule has 0 aromatic carbocycles. The Balaban J connectivity index is 1.71. The molecule has 96 valence electrons. The molecule has 0 bridgehead atoms. The predicted molar refractivity (Wildman–Crippen MR) is 70.3 cm³/mol. The topological polar surface area (TPSA) is 21.3 Å². The Hall–Kier alpha value is 0.210. The zero-order chi connectivity index (χ0) is 11.5. The molecule has 0 aromatic rings. The van der Waals surface area contributed by atoms with Crippen molar-refractivity contribution < 1.29 is 4.74 Å². The van der Waals surface area contributed by atoms with E-state index < -0.39 is 0 Å². The van der Waals surface area contributed by atoms with E-state index in [1.165, 1.54) is 51.4 Å². The zero-order valence-electron chi connectivity index (χ0n) is 10.3. The lowest BCUT2D eigenvalue weighted by molar-refractivity contribution is 0.102. The van der Waals surface area contributed by atoms with Crippen molar-refractivity contribution in [1.82, 2.24) is 5.32 Å². The molecule has 0 aliphatic carbocycles. The van der Waals surface area contributed by atoms with Crippen LogP contribution in [0.5, 0.6) is 0 Å². The molecule has 1 rings (SSSR count). The van der Waals surface area contributed by atoms with Gasteiger partial charge in [0.25, 0.3) is 0 Å². The van der Waals surface area contributed by atoms with E-state index >= 15 is 0 Å². The van der Waals surface area contributed by atoms with Crippen LogP contribution in [0.4, 0.5) is 0 Å². The van der Waals surface area contributed by atoms with Crippen molar-refractivity contribution in [3.8, 4) is 0 Å². The second-order valence-corrected chi connectivity index (χ2v) is 5.01. The molecule has 1 heterocycles. The Labute approximate surface area is 105 Å². The summed E-state index contributed by atoms with van der Waals surface area (Å²) >= 11 is 5.62. The Morgan fingerprint density at radius 1 is 1.06 bits per heavy atom. The van der Waals surface area contributed by atoms with Gasteiger partial charge in [-0.2, -0.15) is 0 Å². The highest BCUT2D eigenvalue weighted by atomic mass is 35.5. The standard InChI is InChI=1S/C13H26ClNO/c14-9-3-1-2-4-10-15-11-5-7-13-8-6-12-16-13/h13,15H,1-12H2. The van der Waals surface area contributed by atoms with Gasteiger partial charge in [0.2, 0.25) is 0 Å². The number of unbranched alkanes of at least 4 members (excludes halogenated alkanes) is 3. The van der Waals surface area contributed by atoms with E-state index in [0.29, 0.717) is 6.10 Å². The average Bonchev–Trinajstić information content (AvgIpc) is 2.80. The fourth-order valence-electron chi connectivity index (χ4n) is 2.15. The van der Waals surface area contributed by atoms with Gasteiger partial charge in [-0.25, -0.2) is 0 Å². The second-order valence-electron chi connectivity index (χ2n) is 4.63. The van der Waals surface area contributed by atoms with Crippen LogP contribution in [0.15, 0.2) is 0 Å². The lowest BCUT2D eigenvalue weighted by Crippen LogP contribution is -2.18. The molecule has 1 aliphatic heterocycles. The van der Waals surface area contributed by atoms with Crippen LogP contribution in [-0.4, -0.2) is 31.7 Å². The molecule has 1 unspecified atom stereocenters. The summed E-state index contributed by atoms with van der Waals surface area (Å²) in [6.45, 7) is 3.29. The Kier molecular flexibility index (Phi) is 9.25. The number of rotatable bonds is 10. The average molecular weight is 248 g/mol. The Bertz CT molecular complexity index is 149. The first-order chi connectivity index (χ1) is 7.93. The minimum atomic E-state index is 0.561. The van der Waals surface area contributed by atoms with E-state index in [1.807, 2.05) is 0 Å². The smallest absolute Gasteiger partial charge is 0.0576 e. The molecule has 1 N–H and O–H groups in total. The summed E-state index contributed by atoms with van der Waals surface area (Å²) < 4.78 is 5.58. The lowest BCUT2D eigenvalue weighted by atomic mass is 10.1. The van der Waals surface area contributed by atoms with Crippen molar-refractivity contribution >= 4 is 11.6 Å². The summed E-state index contributed by atoms with van der Waals surface area (Å²) in [5.74, 6) is 0.814. The highest BCUT2D eigenvalue weighted by Gasteiger charge is 2.13. The maximum atomic E-state index is 5.62. The van der Waals surface area contributed by atoms with Gasteiger partial charge in [-0.3, -0.25) is 0 Å². The van der Waals surface area contributed by atoms with Gasteiger partial charge < -0.3 is 10.1 Å². The molecule has 16 heavy (non-hydrogen) atoms. The van der Waals surface area contributed by atoms with Gasteiger partial charge in [0.15, 0.2) is 0 Å². The SMILES string of the molecule is ClCCCCCCNCCCC1CCCO1. The fourth-order valence-corrected chi connectivity index (χ4v) is 2.34. The molecular formula is C13H26ClNO. The van der Waals surface area contributed by atoms with E-state index in [0.717, 1.165) is 25.6 Å². The molecule has 0 amide bonds. The molecule has 1 aliphatic rings. The lowest BCUT2D eigenvalue weighted by Gasteiger charge is -2.09. The fraction of sp³-hybridized carbons (Fsp3) is 1.00. The number of nitrogens with one attached hydrogen (secondary N) is 1. The molecule has 1 atom stereocenters. The number of ether oxygens (including phenoxy) is 1. The molecule has 3 heteroatoms. The van der Waals surface area contributed by atoms with Crippen LogP contribution in [0.25, 0.3) is 0 Å². The largest absolute Gasteiger partial charge is 0.378 e. The first kappa shape index (κ1) is 14.3. The normalized spacial score (nSPS) is 20.4. The van der Waals surface area contributed by atoms with Crippen molar-refractivity contribution in [2.75, 3.05) is 25.6 Å². The van der Waals surface area contributed by atoms with Gasteiger partial charge in [0.05, 0.1) is 6.10 Å². The Morgan fingerprint density at radius 2 is 1.88 bits per heavy atom. The van der Waals surface area contributed by atoms with E-state index in [1.54, 1.807) is 0 Å². The first-order valence-electron chi connectivity index (χ1n) is 6.82. The van der Waals surface area contributed by atoms with Crippen molar-refractivity contribution in [1.29, 1.82) is 0 Å².